The van der Waals surface area contributed by atoms with Gasteiger partial charge in [0.05, 0.1) is 6.61 Å². The Labute approximate surface area is 117 Å². The molecule has 0 amide bonds. The standard InChI is InChI=1S/C15H15ClFNO/c1-19-10-12-4-2-3-5-15(12)18-9-11-6-7-13(16)8-14(11)17/h2-8,18H,9-10H2,1H3. The molecule has 2 aromatic rings. The monoisotopic (exact) mass is 279 g/mol. The zero-order valence-corrected chi connectivity index (χ0v) is 11.4. The molecule has 0 aliphatic carbocycles. The number of rotatable bonds is 5. The van der Waals surface area contributed by atoms with Gasteiger partial charge >= 0.3 is 0 Å². The molecule has 2 nitrogen and oxygen atoms in total. The van der Waals surface area contributed by atoms with Crippen LogP contribution in [0.1, 0.15) is 11.1 Å². The van der Waals surface area contributed by atoms with Gasteiger partial charge in [0.2, 0.25) is 0 Å². The fourth-order valence-corrected chi connectivity index (χ4v) is 1.99. The molecule has 19 heavy (non-hydrogen) atoms. The molecule has 0 aliphatic rings. The van der Waals surface area contributed by atoms with Crippen molar-refractivity contribution in [2.24, 2.45) is 0 Å². The van der Waals surface area contributed by atoms with Crippen LogP contribution in [0.2, 0.25) is 5.02 Å². The molecule has 0 aliphatic heterocycles. The van der Waals surface area contributed by atoms with Crippen molar-refractivity contribution in [3.05, 3.63) is 64.4 Å². The second kappa shape index (κ2) is 6.55. The quantitative estimate of drug-likeness (QED) is 0.884. The molecule has 2 aromatic carbocycles. The number of hydrogen-bond acceptors (Lipinski definition) is 2. The lowest BCUT2D eigenvalue weighted by Crippen LogP contribution is -2.04. The van der Waals surface area contributed by atoms with E-state index in [0.717, 1.165) is 11.3 Å². The Morgan fingerprint density at radius 1 is 1.16 bits per heavy atom. The first-order valence-electron chi connectivity index (χ1n) is 5.95. The molecule has 0 heterocycles. The van der Waals surface area contributed by atoms with Crippen LogP contribution in [0, 0.1) is 5.82 Å². The summed E-state index contributed by atoms with van der Waals surface area (Å²) < 4.78 is 18.8. The third-order valence-corrected chi connectivity index (χ3v) is 3.04. The largest absolute Gasteiger partial charge is 0.381 e. The number of para-hydroxylation sites is 1. The first-order valence-corrected chi connectivity index (χ1v) is 6.33. The Bertz CT molecular complexity index is 560. The predicted octanol–water partition coefficient (Wildman–Crippen LogP) is 4.24. The highest BCUT2D eigenvalue weighted by Gasteiger charge is 2.05. The van der Waals surface area contributed by atoms with Gasteiger partial charge in [-0.2, -0.15) is 0 Å². The van der Waals surface area contributed by atoms with E-state index in [2.05, 4.69) is 5.32 Å². The van der Waals surface area contributed by atoms with E-state index in [9.17, 15) is 4.39 Å². The molecule has 0 saturated carbocycles. The molecule has 0 unspecified atom stereocenters. The second-order valence-electron chi connectivity index (χ2n) is 4.18. The maximum absolute atomic E-state index is 13.7. The normalized spacial score (nSPS) is 10.5. The average Bonchev–Trinajstić information content (AvgIpc) is 2.40. The fourth-order valence-electron chi connectivity index (χ4n) is 1.83. The summed E-state index contributed by atoms with van der Waals surface area (Å²) >= 11 is 5.72. The Kier molecular flexibility index (Phi) is 4.77. The molecule has 0 bridgehead atoms. The number of halogens is 2. The lowest BCUT2D eigenvalue weighted by Gasteiger charge is -2.12. The zero-order valence-electron chi connectivity index (χ0n) is 10.6. The van der Waals surface area contributed by atoms with Crippen LogP contribution in [0.5, 0.6) is 0 Å². The summed E-state index contributed by atoms with van der Waals surface area (Å²) in [6.45, 7) is 0.927. The van der Waals surface area contributed by atoms with Gasteiger partial charge in [-0.1, -0.05) is 35.9 Å². The Morgan fingerprint density at radius 3 is 2.68 bits per heavy atom. The Morgan fingerprint density at radius 2 is 1.95 bits per heavy atom. The third-order valence-electron chi connectivity index (χ3n) is 2.80. The van der Waals surface area contributed by atoms with Gasteiger partial charge in [0.15, 0.2) is 0 Å². The van der Waals surface area contributed by atoms with E-state index >= 15 is 0 Å². The predicted molar refractivity (Wildman–Crippen MR) is 75.9 cm³/mol. The first kappa shape index (κ1) is 13.8. The van der Waals surface area contributed by atoms with Crippen molar-refractivity contribution in [1.82, 2.24) is 0 Å². The minimum atomic E-state index is -0.302. The number of anilines is 1. The van der Waals surface area contributed by atoms with E-state index in [4.69, 9.17) is 16.3 Å². The highest BCUT2D eigenvalue weighted by atomic mass is 35.5. The van der Waals surface area contributed by atoms with Crippen LogP contribution in [0.3, 0.4) is 0 Å². The maximum atomic E-state index is 13.7. The molecule has 0 aromatic heterocycles. The van der Waals surface area contributed by atoms with Gasteiger partial charge in [-0.25, -0.2) is 4.39 Å². The number of ether oxygens (including phenoxy) is 1. The van der Waals surface area contributed by atoms with Crippen LogP contribution in [0.25, 0.3) is 0 Å². The van der Waals surface area contributed by atoms with Crippen molar-refractivity contribution in [3.63, 3.8) is 0 Å². The van der Waals surface area contributed by atoms with Crippen LogP contribution < -0.4 is 5.32 Å². The highest BCUT2D eigenvalue weighted by Crippen LogP contribution is 2.19. The average molecular weight is 280 g/mol. The number of nitrogens with one attached hydrogen (secondary N) is 1. The van der Waals surface area contributed by atoms with Crippen molar-refractivity contribution in [2.45, 2.75) is 13.2 Å². The van der Waals surface area contributed by atoms with Gasteiger partial charge in [0, 0.05) is 35.5 Å². The molecule has 2 rings (SSSR count). The minimum Gasteiger partial charge on any atom is -0.381 e. The molecule has 0 radical (unpaired) electrons. The van der Waals surface area contributed by atoms with E-state index in [-0.39, 0.29) is 5.82 Å². The van der Waals surface area contributed by atoms with E-state index in [1.807, 2.05) is 24.3 Å². The maximum Gasteiger partial charge on any atom is 0.129 e. The zero-order chi connectivity index (χ0) is 13.7. The first-order chi connectivity index (χ1) is 9.20. The summed E-state index contributed by atoms with van der Waals surface area (Å²) in [6.07, 6.45) is 0. The van der Waals surface area contributed by atoms with Crippen molar-refractivity contribution < 1.29 is 9.13 Å². The topological polar surface area (TPSA) is 21.3 Å². The molecule has 1 N–H and O–H groups in total. The molecule has 0 atom stereocenters. The lowest BCUT2D eigenvalue weighted by atomic mass is 10.1. The molecule has 0 spiro atoms. The highest BCUT2D eigenvalue weighted by molar-refractivity contribution is 6.30. The summed E-state index contributed by atoms with van der Waals surface area (Å²) in [6, 6.07) is 12.5. The molecular formula is C15H15ClFNO. The SMILES string of the molecule is COCc1ccccc1NCc1ccc(Cl)cc1F. The smallest absolute Gasteiger partial charge is 0.129 e. The molecule has 0 fully saturated rings. The van der Waals surface area contributed by atoms with E-state index in [1.54, 1.807) is 19.2 Å². The van der Waals surface area contributed by atoms with Crippen LogP contribution in [0.15, 0.2) is 42.5 Å². The van der Waals surface area contributed by atoms with Gasteiger partial charge in [-0.15, -0.1) is 0 Å². The van der Waals surface area contributed by atoms with E-state index in [0.29, 0.717) is 23.7 Å². The molecule has 0 saturated heterocycles. The molecule has 4 heteroatoms. The summed E-state index contributed by atoms with van der Waals surface area (Å²) in [5.41, 5.74) is 2.56. The van der Waals surface area contributed by atoms with Crippen molar-refractivity contribution in [2.75, 3.05) is 12.4 Å². The summed E-state index contributed by atoms with van der Waals surface area (Å²) in [7, 11) is 1.65. The summed E-state index contributed by atoms with van der Waals surface area (Å²) in [4.78, 5) is 0. The van der Waals surface area contributed by atoms with Gasteiger partial charge in [-0.05, 0) is 18.2 Å². The fraction of sp³-hybridized carbons (Fsp3) is 0.200. The second-order valence-corrected chi connectivity index (χ2v) is 4.62. The van der Waals surface area contributed by atoms with Crippen molar-refractivity contribution in [1.29, 1.82) is 0 Å². The van der Waals surface area contributed by atoms with Crippen molar-refractivity contribution in [3.8, 4) is 0 Å². The molecule has 100 valence electrons. The van der Waals surface area contributed by atoms with Crippen molar-refractivity contribution >= 4 is 17.3 Å². The lowest BCUT2D eigenvalue weighted by molar-refractivity contribution is 0.185. The number of hydrogen-bond donors (Lipinski definition) is 1. The minimum absolute atomic E-state index is 0.302. The number of benzene rings is 2. The van der Waals surface area contributed by atoms with Gasteiger partial charge < -0.3 is 10.1 Å². The van der Waals surface area contributed by atoms with Crippen LogP contribution in [0.4, 0.5) is 10.1 Å². The van der Waals surface area contributed by atoms with E-state index in [1.165, 1.54) is 6.07 Å². The van der Waals surface area contributed by atoms with Crippen LogP contribution in [-0.2, 0) is 17.9 Å². The summed E-state index contributed by atoms with van der Waals surface area (Å²) in [5.74, 6) is -0.302. The molecular weight excluding hydrogens is 265 g/mol. The third kappa shape index (κ3) is 3.69. The Hall–Kier alpha value is -1.58. The van der Waals surface area contributed by atoms with Gasteiger partial charge in [0.25, 0.3) is 0 Å². The van der Waals surface area contributed by atoms with Gasteiger partial charge in [0.1, 0.15) is 5.82 Å². The Balaban J connectivity index is 2.10. The van der Waals surface area contributed by atoms with Crippen LogP contribution in [-0.4, -0.2) is 7.11 Å². The number of methoxy groups -OCH3 is 1. The summed E-state index contributed by atoms with van der Waals surface area (Å²) in [5, 5.41) is 3.62. The van der Waals surface area contributed by atoms with E-state index < -0.39 is 0 Å². The van der Waals surface area contributed by atoms with Crippen LogP contribution >= 0.6 is 11.6 Å². The van der Waals surface area contributed by atoms with Gasteiger partial charge in [-0.3, -0.25) is 0 Å².